The van der Waals surface area contributed by atoms with Gasteiger partial charge in [0.1, 0.15) is 11.8 Å². The topological polar surface area (TPSA) is 88.5 Å². The zero-order valence-electron chi connectivity index (χ0n) is 21.9. The van der Waals surface area contributed by atoms with Crippen LogP contribution >= 0.6 is 46.3 Å². The number of hydrogen-bond acceptors (Lipinski definition) is 6. The van der Waals surface area contributed by atoms with Crippen molar-refractivity contribution in [3.8, 4) is 0 Å². The molecule has 208 valence electrons. The van der Waals surface area contributed by atoms with Crippen LogP contribution in [0.3, 0.4) is 0 Å². The van der Waals surface area contributed by atoms with Gasteiger partial charge in [0.25, 0.3) is 0 Å². The molecule has 0 spiro atoms. The smallest absolute Gasteiger partial charge is 0.308 e. The fraction of sp³-hybridized carbons (Fsp3) is 0.200. The first-order valence-corrected chi connectivity index (χ1v) is 15.2. The molecule has 3 heterocycles. The lowest BCUT2D eigenvalue weighted by atomic mass is 9.83. The summed E-state index contributed by atoms with van der Waals surface area (Å²) in [5, 5.41) is 3.06. The molecule has 2 aliphatic heterocycles. The molecule has 2 aliphatic rings. The normalized spacial score (nSPS) is 19.7. The summed E-state index contributed by atoms with van der Waals surface area (Å²) in [6, 6.07) is 19.7. The van der Waals surface area contributed by atoms with Gasteiger partial charge in [0.05, 0.1) is 26.7 Å². The molecule has 3 aromatic carbocycles. The van der Waals surface area contributed by atoms with E-state index in [9.17, 15) is 19.2 Å². The van der Waals surface area contributed by atoms with Gasteiger partial charge in [0.15, 0.2) is 0 Å². The van der Waals surface area contributed by atoms with E-state index in [-0.39, 0.29) is 34.2 Å². The predicted octanol–water partition coefficient (Wildman–Crippen LogP) is 6.27. The number of halogens is 2. The van der Waals surface area contributed by atoms with Crippen LogP contribution in [-0.2, 0) is 20.9 Å². The van der Waals surface area contributed by atoms with Gasteiger partial charge in [0.2, 0.25) is 17.7 Å². The molecule has 1 saturated heterocycles. The average molecular weight is 625 g/mol. The largest absolute Gasteiger partial charge is 0.325 e. The van der Waals surface area contributed by atoms with Crippen molar-refractivity contribution in [1.82, 2.24) is 4.57 Å². The van der Waals surface area contributed by atoms with Crippen LogP contribution in [0.15, 0.2) is 76.6 Å². The van der Waals surface area contributed by atoms with Crippen molar-refractivity contribution in [2.24, 2.45) is 5.92 Å². The molecule has 0 saturated carbocycles. The first kappa shape index (κ1) is 27.8. The second-order valence-corrected chi connectivity index (χ2v) is 13.0. The number of aromatic nitrogens is 1. The van der Waals surface area contributed by atoms with E-state index in [1.165, 1.54) is 9.47 Å². The number of carbonyl (C=O) groups is 3. The van der Waals surface area contributed by atoms with E-state index in [0.717, 1.165) is 34.2 Å². The Bertz CT molecular complexity index is 1780. The third kappa shape index (κ3) is 4.91. The van der Waals surface area contributed by atoms with Crippen LogP contribution in [0.5, 0.6) is 0 Å². The van der Waals surface area contributed by atoms with E-state index in [4.69, 9.17) is 23.2 Å². The second kappa shape index (κ2) is 10.8. The number of anilines is 2. The van der Waals surface area contributed by atoms with Gasteiger partial charge < -0.3 is 5.32 Å². The summed E-state index contributed by atoms with van der Waals surface area (Å²) in [6.07, 6.45) is 0. The van der Waals surface area contributed by atoms with Crippen molar-refractivity contribution in [3.05, 3.63) is 108 Å². The molecular weight excluding hydrogens is 601 g/mol. The Morgan fingerprint density at radius 3 is 2.39 bits per heavy atom. The van der Waals surface area contributed by atoms with Crippen LogP contribution in [0.2, 0.25) is 10.0 Å². The Balaban J connectivity index is 1.44. The number of thiazole rings is 1. The van der Waals surface area contributed by atoms with Crippen LogP contribution in [0.1, 0.15) is 27.5 Å². The number of thioether (sulfide) groups is 1. The van der Waals surface area contributed by atoms with Gasteiger partial charge in [-0.3, -0.25) is 23.7 Å². The zero-order chi connectivity index (χ0) is 29.0. The number of nitrogens with one attached hydrogen (secondary N) is 1. The van der Waals surface area contributed by atoms with Gasteiger partial charge in [-0.15, -0.1) is 0 Å². The van der Waals surface area contributed by atoms with Crippen LogP contribution in [0, 0.1) is 19.8 Å². The summed E-state index contributed by atoms with van der Waals surface area (Å²) >= 11 is 15.2. The maximum Gasteiger partial charge on any atom is 0.308 e. The summed E-state index contributed by atoms with van der Waals surface area (Å²) in [7, 11) is 0. The number of aryl methyl sites for hydroxylation is 2. The molecule has 0 radical (unpaired) electrons. The lowest BCUT2D eigenvalue weighted by molar-refractivity contribution is -0.122. The van der Waals surface area contributed by atoms with Crippen molar-refractivity contribution >= 4 is 75.4 Å². The molecule has 1 N–H and O–H groups in total. The van der Waals surface area contributed by atoms with Crippen LogP contribution < -0.4 is 15.1 Å². The lowest BCUT2D eigenvalue weighted by Crippen LogP contribution is -2.33. The molecule has 3 amide bonds. The molecule has 41 heavy (non-hydrogen) atoms. The zero-order valence-corrected chi connectivity index (χ0v) is 25.0. The number of fused-ring (bicyclic) bond motifs is 2. The lowest BCUT2D eigenvalue weighted by Gasteiger charge is -2.31. The van der Waals surface area contributed by atoms with Crippen LogP contribution in [0.4, 0.5) is 11.4 Å². The Kier molecular flexibility index (Phi) is 7.32. The molecule has 11 heteroatoms. The Morgan fingerprint density at radius 2 is 1.66 bits per heavy atom. The highest BCUT2D eigenvalue weighted by Crippen LogP contribution is 2.55. The maximum atomic E-state index is 14.0. The Morgan fingerprint density at radius 1 is 0.927 bits per heavy atom. The minimum atomic E-state index is -0.823. The molecule has 0 aliphatic carbocycles. The number of rotatable bonds is 5. The minimum absolute atomic E-state index is 0.247. The summed E-state index contributed by atoms with van der Waals surface area (Å²) in [5.74, 6) is -2.64. The summed E-state index contributed by atoms with van der Waals surface area (Å²) < 4.78 is 1.38. The number of benzene rings is 3. The maximum absolute atomic E-state index is 14.0. The summed E-state index contributed by atoms with van der Waals surface area (Å²) in [6.45, 7) is 3.60. The molecule has 0 bridgehead atoms. The van der Waals surface area contributed by atoms with Crippen molar-refractivity contribution in [2.75, 3.05) is 10.2 Å². The van der Waals surface area contributed by atoms with E-state index in [2.05, 4.69) is 5.32 Å². The van der Waals surface area contributed by atoms with E-state index in [1.54, 1.807) is 36.4 Å². The van der Waals surface area contributed by atoms with Gasteiger partial charge in [-0.25, -0.2) is 4.90 Å². The number of imide groups is 1. The highest BCUT2D eigenvalue weighted by molar-refractivity contribution is 8.00. The summed E-state index contributed by atoms with van der Waals surface area (Å²) in [5.41, 5.74) is 3.64. The first-order valence-electron chi connectivity index (χ1n) is 12.8. The third-order valence-electron chi connectivity index (χ3n) is 7.26. The van der Waals surface area contributed by atoms with Crippen LogP contribution in [0.25, 0.3) is 0 Å². The van der Waals surface area contributed by atoms with Gasteiger partial charge >= 0.3 is 4.87 Å². The monoisotopic (exact) mass is 623 g/mol. The van der Waals surface area contributed by atoms with Gasteiger partial charge in [-0.2, -0.15) is 0 Å². The molecule has 4 aromatic rings. The van der Waals surface area contributed by atoms with Crippen molar-refractivity contribution in [1.29, 1.82) is 0 Å². The number of carbonyl (C=O) groups excluding carboxylic acids is 3. The third-order valence-corrected chi connectivity index (χ3v) is 10.7. The first-order chi connectivity index (χ1) is 19.6. The molecule has 3 atom stereocenters. The minimum Gasteiger partial charge on any atom is -0.325 e. The quantitative estimate of drug-likeness (QED) is 0.265. The fourth-order valence-corrected chi connectivity index (χ4v) is 8.56. The van der Waals surface area contributed by atoms with Crippen LogP contribution in [-0.4, -0.2) is 27.5 Å². The number of nitrogens with zero attached hydrogens (tertiary/aromatic N) is 2. The van der Waals surface area contributed by atoms with Gasteiger partial charge in [0, 0.05) is 16.5 Å². The SMILES string of the molecule is Cc1ccc(N2C(=O)C3Sc4c(sc(=O)n4CC(=O)Nc4cccc(C)c4)C(c4cccc(Cl)c4Cl)C3C2=O)cc1. The van der Waals surface area contributed by atoms with Crippen molar-refractivity contribution in [2.45, 2.75) is 36.6 Å². The van der Waals surface area contributed by atoms with Crippen molar-refractivity contribution < 1.29 is 14.4 Å². The fourth-order valence-electron chi connectivity index (χ4n) is 5.37. The van der Waals surface area contributed by atoms with E-state index in [1.807, 2.05) is 44.2 Å². The number of hydrogen-bond donors (Lipinski definition) is 1. The number of amides is 3. The van der Waals surface area contributed by atoms with Gasteiger partial charge in [-0.1, -0.05) is 88.3 Å². The molecule has 1 aromatic heterocycles. The molecule has 3 unspecified atom stereocenters. The summed E-state index contributed by atoms with van der Waals surface area (Å²) in [4.78, 5) is 55.7. The predicted molar refractivity (Wildman–Crippen MR) is 163 cm³/mol. The van der Waals surface area contributed by atoms with E-state index >= 15 is 0 Å². The van der Waals surface area contributed by atoms with E-state index < -0.39 is 17.1 Å². The molecule has 7 nitrogen and oxygen atoms in total. The molecule has 6 rings (SSSR count). The Labute approximate surface area is 254 Å². The highest BCUT2D eigenvalue weighted by atomic mass is 35.5. The van der Waals surface area contributed by atoms with E-state index in [0.29, 0.717) is 31.9 Å². The van der Waals surface area contributed by atoms with Gasteiger partial charge in [-0.05, 0) is 55.3 Å². The average Bonchev–Trinajstić information content (AvgIpc) is 3.37. The Hall–Kier alpha value is -3.37. The van der Waals surface area contributed by atoms with Crippen molar-refractivity contribution in [3.63, 3.8) is 0 Å². The second-order valence-electron chi connectivity index (χ2n) is 10.1. The highest BCUT2D eigenvalue weighted by Gasteiger charge is 2.57. The molecule has 1 fully saturated rings. The standard InChI is InChI=1S/C30H23Cl2N3O4S2/c1-15-9-11-18(12-10-15)35-27(37)23-22(19-7-4-8-20(31)24(19)32)26-29(40-25(23)28(35)38)34(30(39)41-26)14-21(36)33-17-6-3-5-16(2)13-17/h3-13,22-23,25H,14H2,1-2H3,(H,33,36). The molecular formula is C30H23Cl2N3O4S2.